The van der Waals surface area contributed by atoms with E-state index in [4.69, 9.17) is 0 Å². The van der Waals surface area contributed by atoms with Crippen LogP contribution in [0.25, 0.3) is 0 Å². The molecule has 0 aliphatic heterocycles. The van der Waals surface area contributed by atoms with Crippen LogP contribution in [0.5, 0.6) is 0 Å². The second kappa shape index (κ2) is 33.2. The molecule has 0 spiro atoms. The van der Waals surface area contributed by atoms with Crippen LogP contribution < -0.4 is 43.1 Å². The van der Waals surface area contributed by atoms with Gasteiger partial charge >= 0.3 is 0 Å². The van der Waals surface area contributed by atoms with Gasteiger partial charge in [-0.3, -0.25) is 0 Å². The third-order valence-electron chi connectivity index (χ3n) is 9.40. The average molecular weight is 823 g/mol. The summed E-state index contributed by atoms with van der Waals surface area (Å²) in [5, 5.41) is 0. The van der Waals surface area contributed by atoms with Crippen LogP contribution in [0.15, 0.2) is 37.4 Å². The van der Waals surface area contributed by atoms with E-state index in [-0.39, 0.29) is 34.0 Å². The zero-order valence-electron chi connectivity index (χ0n) is 31.1. The van der Waals surface area contributed by atoms with E-state index in [1.165, 1.54) is 171 Å². The first kappa shape index (κ1) is 47.1. The van der Waals surface area contributed by atoms with Crippen molar-refractivity contribution in [1.29, 1.82) is 0 Å². The molecule has 0 amide bonds. The zero-order valence-corrected chi connectivity index (χ0v) is 35.9. The van der Waals surface area contributed by atoms with Crippen LogP contribution >= 0.6 is 23.5 Å². The van der Waals surface area contributed by atoms with Gasteiger partial charge in [-0.25, -0.2) is 18.3 Å². The molecule has 47 heavy (non-hydrogen) atoms. The van der Waals surface area contributed by atoms with Gasteiger partial charge in [0.1, 0.15) is 36.9 Å². The summed E-state index contributed by atoms with van der Waals surface area (Å²) < 4.78 is 9.35. The maximum absolute atomic E-state index is 2.48. The van der Waals surface area contributed by atoms with Crippen molar-refractivity contribution in [2.45, 2.75) is 174 Å². The molecule has 0 radical (unpaired) electrons. The van der Waals surface area contributed by atoms with E-state index in [0.717, 1.165) is 0 Å². The smallest absolute Gasteiger partial charge is 0.243 e. The van der Waals surface area contributed by atoms with Gasteiger partial charge in [0.2, 0.25) is 12.7 Å². The molecular formula is C39H74Br2N4S2. The summed E-state index contributed by atoms with van der Waals surface area (Å²) in [4.78, 5) is 0. The van der Waals surface area contributed by atoms with Crippen molar-refractivity contribution in [1.82, 2.24) is 9.13 Å². The summed E-state index contributed by atoms with van der Waals surface area (Å²) in [5.74, 6) is 5.07. The third-order valence-corrected chi connectivity index (χ3v) is 11.8. The highest BCUT2D eigenvalue weighted by atomic mass is 79.9. The first-order chi connectivity index (χ1) is 22.1. The Hall–Kier alpha value is 0.0800. The largest absolute Gasteiger partial charge is 1.00 e. The highest BCUT2D eigenvalue weighted by Gasteiger charge is 2.18. The maximum Gasteiger partial charge on any atom is 0.243 e. The number of aryl methyl sites for hydroxylation is 2. The zero-order chi connectivity index (χ0) is 32.2. The van der Waals surface area contributed by atoms with Crippen molar-refractivity contribution < 1.29 is 43.1 Å². The van der Waals surface area contributed by atoms with E-state index in [1.807, 2.05) is 0 Å². The van der Waals surface area contributed by atoms with Crippen LogP contribution in [0.3, 0.4) is 0 Å². The predicted octanol–water partition coefficient (Wildman–Crippen LogP) is 5.21. The molecule has 0 N–H and O–H groups in total. The number of unbranched alkanes of at least 4 members (excludes halogenated alkanes) is 18. The van der Waals surface area contributed by atoms with Crippen LogP contribution in [-0.4, -0.2) is 32.1 Å². The Morgan fingerprint density at radius 1 is 0.468 bits per heavy atom. The summed E-state index contributed by atoms with van der Waals surface area (Å²) in [6.07, 6.45) is 45.9. The minimum Gasteiger partial charge on any atom is -1.00 e. The Bertz CT molecular complexity index is 850. The lowest BCUT2D eigenvalue weighted by Gasteiger charge is -2.15. The van der Waals surface area contributed by atoms with Gasteiger partial charge in [0.05, 0.1) is 14.1 Å². The van der Waals surface area contributed by atoms with Crippen molar-refractivity contribution in [3.63, 3.8) is 0 Å². The standard InChI is InChI=1S/C39H74N4S2.2BrH/c1-5-7-9-11-13-15-17-19-21-23-26-38(42-30-28-40(3)36-42)34-44-32-25-33-45-35-39(43-31-29-41(4)37-43)27-24-22-20-18-16-14-12-10-8-6-2;;/h28-31,36-39H,5-27,32-35H2,1-4H3;2*1H/q+2;;/p-2. The van der Waals surface area contributed by atoms with Crippen LogP contribution in [0.2, 0.25) is 0 Å². The molecule has 2 heterocycles. The minimum absolute atomic E-state index is 0. The van der Waals surface area contributed by atoms with Crippen LogP contribution in [0.1, 0.15) is 174 Å². The molecule has 2 atom stereocenters. The number of hydrogen-bond donors (Lipinski definition) is 0. The lowest BCUT2D eigenvalue weighted by Crippen LogP contribution is -3.00. The number of rotatable bonds is 32. The Kier molecular flexibility index (Phi) is 33.3. The van der Waals surface area contributed by atoms with Crippen LogP contribution in [0, 0.1) is 0 Å². The van der Waals surface area contributed by atoms with Gasteiger partial charge in [-0.15, -0.1) is 0 Å². The highest BCUT2D eigenvalue weighted by Crippen LogP contribution is 2.25. The number of hydrogen-bond acceptors (Lipinski definition) is 2. The fourth-order valence-electron chi connectivity index (χ4n) is 6.44. The lowest BCUT2D eigenvalue weighted by molar-refractivity contribution is -0.671. The van der Waals surface area contributed by atoms with Crippen molar-refractivity contribution >= 4 is 23.5 Å². The number of imidazole rings is 2. The fraction of sp³-hybridized carbons (Fsp3) is 0.846. The molecule has 0 bridgehead atoms. The van der Waals surface area contributed by atoms with Gasteiger partial charge in [-0.05, 0) is 43.6 Å². The van der Waals surface area contributed by atoms with Gasteiger partial charge < -0.3 is 34.0 Å². The van der Waals surface area contributed by atoms with Crippen molar-refractivity contribution in [2.75, 3.05) is 23.0 Å². The van der Waals surface area contributed by atoms with Crippen molar-refractivity contribution in [3.05, 3.63) is 37.4 Å². The average Bonchev–Trinajstić information content (AvgIpc) is 3.68. The van der Waals surface area contributed by atoms with Gasteiger partial charge in [-0.1, -0.05) is 129 Å². The molecule has 0 saturated carbocycles. The molecule has 276 valence electrons. The molecule has 0 aromatic carbocycles. The Morgan fingerprint density at radius 3 is 1.09 bits per heavy atom. The van der Waals surface area contributed by atoms with Gasteiger partial charge in [0.25, 0.3) is 0 Å². The molecule has 2 aromatic rings. The minimum atomic E-state index is 0. The van der Waals surface area contributed by atoms with Crippen LogP contribution in [0.4, 0.5) is 0 Å². The first-order valence-electron chi connectivity index (χ1n) is 19.3. The van der Waals surface area contributed by atoms with E-state index < -0.39 is 0 Å². The number of thioether (sulfide) groups is 2. The van der Waals surface area contributed by atoms with E-state index >= 15 is 0 Å². The van der Waals surface area contributed by atoms with Crippen molar-refractivity contribution in [2.24, 2.45) is 14.1 Å². The summed E-state index contributed by atoms with van der Waals surface area (Å²) in [6, 6.07) is 1.27. The number of aromatic nitrogens is 4. The maximum atomic E-state index is 2.48. The fourth-order valence-corrected chi connectivity index (χ4v) is 8.88. The second-order valence-electron chi connectivity index (χ2n) is 13.8. The monoisotopic (exact) mass is 820 g/mol. The highest BCUT2D eigenvalue weighted by molar-refractivity contribution is 8.00. The molecule has 4 nitrogen and oxygen atoms in total. The first-order valence-corrected chi connectivity index (χ1v) is 21.7. The molecule has 0 saturated heterocycles. The molecule has 2 aromatic heterocycles. The molecule has 0 aliphatic carbocycles. The predicted molar refractivity (Wildman–Crippen MR) is 201 cm³/mol. The van der Waals surface area contributed by atoms with Crippen LogP contribution in [-0.2, 0) is 14.1 Å². The Labute approximate surface area is 322 Å². The summed E-state index contributed by atoms with van der Waals surface area (Å²) >= 11 is 4.36. The van der Waals surface area contributed by atoms with Gasteiger partial charge in [0, 0.05) is 11.5 Å². The van der Waals surface area contributed by atoms with E-state index in [2.05, 4.69) is 107 Å². The number of nitrogens with zero attached hydrogens (tertiary/aromatic N) is 4. The van der Waals surface area contributed by atoms with E-state index in [9.17, 15) is 0 Å². The van der Waals surface area contributed by atoms with Crippen molar-refractivity contribution in [3.8, 4) is 0 Å². The summed E-state index contributed by atoms with van der Waals surface area (Å²) in [7, 11) is 4.30. The molecule has 0 aliphatic rings. The topological polar surface area (TPSA) is 17.6 Å². The molecule has 2 unspecified atom stereocenters. The summed E-state index contributed by atoms with van der Waals surface area (Å²) in [5.41, 5.74) is 0. The molecule has 2 rings (SSSR count). The number of halogens is 2. The summed E-state index contributed by atoms with van der Waals surface area (Å²) in [6.45, 7) is 4.61. The van der Waals surface area contributed by atoms with E-state index in [1.54, 1.807) is 0 Å². The molecule has 8 heteroatoms. The Morgan fingerprint density at radius 2 is 0.787 bits per heavy atom. The third kappa shape index (κ3) is 24.8. The lowest BCUT2D eigenvalue weighted by atomic mass is 10.0. The quantitative estimate of drug-likeness (QED) is 0.0747. The Balaban J connectivity index is 0.0000106. The normalized spacial score (nSPS) is 12.5. The SMILES string of the molecule is CCCCCCCCCCCCC(CSCCCSCC(CCCCCCCCCCCC)n1cc[n+](C)c1)n1cc[n+](C)c1.[Br-].[Br-]. The molecule has 0 fully saturated rings. The van der Waals surface area contributed by atoms with Gasteiger partial charge in [-0.2, -0.15) is 23.5 Å². The second-order valence-corrected chi connectivity index (χ2v) is 16.1. The molecular weight excluding hydrogens is 748 g/mol. The van der Waals surface area contributed by atoms with Gasteiger partial charge in [0.15, 0.2) is 0 Å². The van der Waals surface area contributed by atoms with E-state index in [0.29, 0.717) is 12.1 Å².